The molecular formula is C12H21NO3Si. The van der Waals surface area contributed by atoms with Gasteiger partial charge in [-0.3, -0.25) is 4.79 Å². The third-order valence-electron chi connectivity index (χ3n) is 3.26. The van der Waals surface area contributed by atoms with Gasteiger partial charge in [-0.25, -0.2) is 4.98 Å². The molecular weight excluding hydrogens is 234 g/mol. The molecule has 0 radical (unpaired) electrons. The smallest absolute Gasteiger partial charge is 0.219 e. The molecule has 0 saturated carbocycles. The van der Waals surface area contributed by atoms with Crippen LogP contribution < -0.4 is 0 Å². The molecule has 0 aromatic carbocycles. The maximum atomic E-state index is 11.1. The van der Waals surface area contributed by atoms with Crippen LogP contribution in [-0.2, 0) is 11.0 Å². The van der Waals surface area contributed by atoms with Gasteiger partial charge in [-0.15, -0.1) is 0 Å². The number of hydrogen-bond donors (Lipinski definition) is 0. The predicted octanol–water partition coefficient (Wildman–Crippen LogP) is 3.40. The van der Waals surface area contributed by atoms with Crippen molar-refractivity contribution >= 4 is 14.1 Å². The van der Waals surface area contributed by atoms with E-state index in [0.717, 1.165) is 0 Å². The van der Waals surface area contributed by atoms with Crippen LogP contribution in [0.5, 0.6) is 0 Å². The number of aromatic nitrogens is 1. The molecule has 0 aliphatic heterocycles. The summed E-state index contributed by atoms with van der Waals surface area (Å²) in [5.41, 5.74) is 0. The van der Waals surface area contributed by atoms with Crippen molar-refractivity contribution in [2.45, 2.75) is 52.4 Å². The molecule has 0 amide bonds. The van der Waals surface area contributed by atoms with E-state index in [-0.39, 0.29) is 10.8 Å². The Bertz CT molecular complexity index is 404. The highest BCUT2D eigenvalue weighted by atomic mass is 28.4. The highest BCUT2D eigenvalue weighted by Gasteiger charge is 2.37. The molecule has 0 aliphatic carbocycles. The zero-order valence-electron chi connectivity index (χ0n) is 11.5. The Labute approximate surface area is 104 Å². The van der Waals surface area contributed by atoms with Crippen molar-refractivity contribution < 1.29 is 13.6 Å². The van der Waals surface area contributed by atoms with Gasteiger partial charge in [0.25, 0.3) is 0 Å². The van der Waals surface area contributed by atoms with Crippen molar-refractivity contribution in [3.63, 3.8) is 0 Å². The average Bonchev–Trinajstić information content (AvgIpc) is 2.61. The number of oxazole rings is 1. The first kappa shape index (κ1) is 14.1. The quantitative estimate of drug-likeness (QED) is 0.611. The van der Waals surface area contributed by atoms with Gasteiger partial charge in [0.2, 0.25) is 5.89 Å². The normalized spacial score (nSPS) is 12.8. The maximum Gasteiger partial charge on any atom is 0.219 e. The van der Waals surface area contributed by atoms with Crippen LogP contribution in [0.2, 0.25) is 18.1 Å². The fourth-order valence-electron chi connectivity index (χ4n) is 0.998. The summed E-state index contributed by atoms with van der Waals surface area (Å²) in [6.45, 7) is 12.7. The minimum atomic E-state index is -1.79. The summed E-state index contributed by atoms with van der Waals surface area (Å²) in [6, 6.07) is 0. The summed E-state index contributed by atoms with van der Waals surface area (Å²) in [4.78, 5) is 15.1. The van der Waals surface area contributed by atoms with Crippen molar-refractivity contribution in [2.24, 2.45) is 0 Å². The lowest BCUT2D eigenvalue weighted by Crippen LogP contribution is -2.40. The van der Waals surface area contributed by atoms with E-state index in [1.165, 1.54) is 13.1 Å². The molecule has 96 valence electrons. The van der Waals surface area contributed by atoms with E-state index in [2.05, 4.69) is 38.8 Å². The van der Waals surface area contributed by atoms with Crippen molar-refractivity contribution in [3.05, 3.63) is 17.8 Å². The standard InChI is InChI=1S/C12H21NO3Si/c1-9(14)10-7-13-11(16-10)8-15-17(5,6)12(2,3)4/h7H,8H2,1-6H3. The van der Waals surface area contributed by atoms with Crippen LogP contribution in [0.1, 0.15) is 44.1 Å². The lowest BCUT2D eigenvalue weighted by molar-refractivity contribution is 0.0982. The Morgan fingerprint density at radius 3 is 2.47 bits per heavy atom. The van der Waals surface area contributed by atoms with E-state index in [1.807, 2.05) is 0 Å². The van der Waals surface area contributed by atoms with Gasteiger partial charge in [0.1, 0.15) is 6.61 Å². The number of carbonyl (C=O) groups is 1. The van der Waals surface area contributed by atoms with Crippen molar-refractivity contribution in [3.8, 4) is 0 Å². The van der Waals surface area contributed by atoms with E-state index < -0.39 is 8.32 Å². The molecule has 0 spiro atoms. The van der Waals surface area contributed by atoms with Crippen LogP contribution in [0.3, 0.4) is 0 Å². The second-order valence-corrected chi connectivity index (χ2v) is 10.5. The first-order chi connectivity index (χ1) is 7.63. The fourth-order valence-corrected chi connectivity index (χ4v) is 1.92. The van der Waals surface area contributed by atoms with Gasteiger partial charge in [0.05, 0.1) is 6.20 Å². The van der Waals surface area contributed by atoms with Gasteiger partial charge >= 0.3 is 0 Å². The summed E-state index contributed by atoms with van der Waals surface area (Å²) >= 11 is 0. The van der Waals surface area contributed by atoms with Crippen LogP contribution >= 0.6 is 0 Å². The van der Waals surface area contributed by atoms with Crippen LogP contribution in [0, 0.1) is 0 Å². The third kappa shape index (κ3) is 3.51. The van der Waals surface area contributed by atoms with Gasteiger partial charge < -0.3 is 8.84 Å². The van der Waals surface area contributed by atoms with E-state index in [4.69, 9.17) is 8.84 Å². The second kappa shape index (κ2) is 4.74. The molecule has 5 heteroatoms. The third-order valence-corrected chi connectivity index (χ3v) is 7.74. The molecule has 0 fully saturated rings. The van der Waals surface area contributed by atoms with Gasteiger partial charge in [0.15, 0.2) is 19.9 Å². The molecule has 0 aliphatic rings. The van der Waals surface area contributed by atoms with E-state index in [9.17, 15) is 4.79 Å². The molecule has 1 aromatic heterocycles. The van der Waals surface area contributed by atoms with Crippen molar-refractivity contribution in [2.75, 3.05) is 0 Å². The summed E-state index contributed by atoms with van der Waals surface area (Å²) in [6.07, 6.45) is 1.45. The Balaban J connectivity index is 2.64. The monoisotopic (exact) mass is 255 g/mol. The number of nitrogens with zero attached hydrogens (tertiary/aromatic N) is 1. The molecule has 0 N–H and O–H groups in total. The van der Waals surface area contributed by atoms with Crippen LogP contribution in [0.4, 0.5) is 0 Å². The van der Waals surface area contributed by atoms with Crippen LogP contribution in [0.15, 0.2) is 10.6 Å². The molecule has 4 nitrogen and oxygen atoms in total. The topological polar surface area (TPSA) is 52.3 Å². The fraction of sp³-hybridized carbons (Fsp3) is 0.667. The van der Waals surface area contributed by atoms with Gasteiger partial charge in [0, 0.05) is 6.92 Å². The molecule has 0 unspecified atom stereocenters. The average molecular weight is 255 g/mol. The summed E-state index contributed by atoms with van der Waals surface area (Å²) in [7, 11) is -1.79. The minimum Gasteiger partial charge on any atom is -0.435 e. The van der Waals surface area contributed by atoms with Crippen molar-refractivity contribution in [1.82, 2.24) is 4.98 Å². The predicted molar refractivity (Wildman–Crippen MR) is 68.5 cm³/mol. The SMILES string of the molecule is CC(=O)c1cnc(CO[Si](C)(C)C(C)(C)C)o1. The van der Waals surface area contributed by atoms with Gasteiger partial charge in [-0.05, 0) is 18.1 Å². The lowest BCUT2D eigenvalue weighted by atomic mass is 10.2. The van der Waals surface area contributed by atoms with Crippen LogP contribution in [-0.4, -0.2) is 19.1 Å². The van der Waals surface area contributed by atoms with Gasteiger partial charge in [-0.2, -0.15) is 0 Å². The molecule has 0 bridgehead atoms. The first-order valence-corrected chi connectivity index (χ1v) is 8.64. The van der Waals surface area contributed by atoms with E-state index >= 15 is 0 Å². The molecule has 1 heterocycles. The highest BCUT2D eigenvalue weighted by Crippen LogP contribution is 2.36. The van der Waals surface area contributed by atoms with Crippen molar-refractivity contribution in [1.29, 1.82) is 0 Å². The number of carbonyl (C=O) groups excluding carboxylic acids is 1. The Morgan fingerprint density at radius 2 is 2.06 bits per heavy atom. The van der Waals surface area contributed by atoms with Gasteiger partial charge in [-0.1, -0.05) is 20.8 Å². The lowest BCUT2D eigenvalue weighted by Gasteiger charge is -2.35. The Kier molecular flexibility index (Phi) is 3.94. The zero-order valence-corrected chi connectivity index (χ0v) is 12.5. The summed E-state index contributed by atoms with van der Waals surface area (Å²) < 4.78 is 11.2. The maximum absolute atomic E-state index is 11.1. The molecule has 17 heavy (non-hydrogen) atoms. The number of rotatable bonds is 4. The van der Waals surface area contributed by atoms with E-state index in [0.29, 0.717) is 18.3 Å². The number of hydrogen-bond acceptors (Lipinski definition) is 4. The molecule has 0 saturated heterocycles. The second-order valence-electron chi connectivity index (χ2n) is 5.72. The number of ketones is 1. The minimum absolute atomic E-state index is 0.115. The number of Topliss-reactive ketones (excluding diaryl/α,β-unsaturated/α-hetero) is 1. The largest absolute Gasteiger partial charge is 0.435 e. The zero-order chi connectivity index (χ0) is 13.3. The summed E-state index contributed by atoms with van der Waals surface area (Å²) in [5.74, 6) is 0.648. The highest BCUT2D eigenvalue weighted by molar-refractivity contribution is 6.74. The molecule has 0 atom stereocenters. The Morgan fingerprint density at radius 1 is 1.47 bits per heavy atom. The van der Waals surface area contributed by atoms with Crippen LogP contribution in [0.25, 0.3) is 0 Å². The Hall–Kier alpha value is -0.943. The summed E-state index contributed by atoms with van der Waals surface area (Å²) in [5, 5.41) is 0.156. The molecule has 1 rings (SSSR count). The molecule has 1 aromatic rings. The first-order valence-electron chi connectivity index (χ1n) is 5.73. The van der Waals surface area contributed by atoms with E-state index in [1.54, 1.807) is 0 Å².